The van der Waals surface area contributed by atoms with E-state index >= 15 is 0 Å². The summed E-state index contributed by atoms with van der Waals surface area (Å²) < 4.78 is 13.6. The summed E-state index contributed by atoms with van der Waals surface area (Å²) >= 11 is 3.11. The van der Waals surface area contributed by atoms with Crippen LogP contribution in [-0.4, -0.2) is 11.8 Å². The molecule has 1 atom stereocenters. The molecule has 2 rings (SSSR count). The summed E-state index contributed by atoms with van der Waals surface area (Å²) in [5.41, 5.74) is 2.29. The molecular formula is C18H18BrFN2O2. The molecule has 2 N–H and O–H groups in total. The molecule has 0 aliphatic rings. The van der Waals surface area contributed by atoms with Crippen molar-refractivity contribution in [2.75, 3.05) is 5.32 Å². The molecule has 4 nitrogen and oxygen atoms in total. The molecule has 2 aromatic carbocycles. The number of halogens is 2. The molecule has 0 aromatic heterocycles. The van der Waals surface area contributed by atoms with Gasteiger partial charge in [-0.1, -0.05) is 18.2 Å². The van der Waals surface area contributed by atoms with Crippen molar-refractivity contribution in [2.24, 2.45) is 0 Å². The normalized spacial score (nSPS) is 11.7. The van der Waals surface area contributed by atoms with Crippen LogP contribution >= 0.6 is 15.9 Å². The quantitative estimate of drug-likeness (QED) is 0.808. The fourth-order valence-corrected chi connectivity index (χ4v) is 2.73. The highest BCUT2D eigenvalue weighted by Crippen LogP contribution is 2.19. The molecule has 24 heavy (non-hydrogen) atoms. The lowest BCUT2D eigenvalue weighted by Gasteiger charge is -2.15. The van der Waals surface area contributed by atoms with Gasteiger partial charge in [0.15, 0.2) is 0 Å². The highest BCUT2D eigenvalue weighted by molar-refractivity contribution is 9.10. The van der Waals surface area contributed by atoms with Crippen molar-refractivity contribution in [2.45, 2.75) is 26.3 Å². The average Bonchev–Trinajstić information content (AvgIpc) is 2.50. The van der Waals surface area contributed by atoms with E-state index in [2.05, 4.69) is 26.6 Å². The van der Waals surface area contributed by atoms with Crippen molar-refractivity contribution < 1.29 is 14.0 Å². The number of rotatable bonds is 5. The second-order valence-electron chi connectivity index (χ2n) is 5.52. The minimum Gasteiger partial charge on any atom is -0.349 e. The third-order valence-corrected chi connectivity index (χ3v) is 4.04. The zero-order valence-corrected chi connectivity index (χ0v) is 15.0. The van der Waals surface area contributed by atoms with Crippen LogP contribution in [0, 0.1) is 5.82 Å². The van der Waals surface area contributed by atoms with E-state index in [1.165, 1.54) is 13.0 Å². The summed E-state index contributed by atoms with van der Waals surface area (Å²) in [5, 5.41) is 5.61. The Hall–Kier alpha value is -2.21. The molecule has 0 aliphatic heterocycles. The van der Waals surface area contributed by atoms with Gasteiger partial charge in [-0.15, -0.1) is 0 Å². The first-order valence-electron chi connectivity index (χ1n) is 7.46. The first-order chi connectivity index (χ1) is 11.3. The van der Waals surface area contributed by atoms with E-state index < -0.39 is 0 Å². The van der Waals surface area contributed by atoms with E-state index in [1.807, 2.05) is 25.1 Å². The highest BCUT2D eigenvalue weighted by Gasteiger charge is 2.12. The number of nitrogens with one attached hydrogen (secondary N) is 2. The highest BCUT2D eigenvalue weighted by atomic mass is 79.9. The van der Waals surface area contributed by atoms with Crippen LogP contribution in [0.2, 0.25) is 0 Å². The second-order valence-corrected chi connectivity index (χ2v) is 6.38. The topological polar surface area (TPSA) is 58.2 Å². The van der Waals surface area contributed by atoms with Gasteiger partial charge < -0.3 is 10.6 Å². The summed E-state index contributed by atoms with van der Waals surface area (Å²) in [6, 6.07) is 11.6. The standard InChI is InChI=1S/C18H18BrFN2O2/c1-11(14-4-3-5-15(10-14)22-12(2)23)21-18(24)9-13-6-7-17(20)16(19)8-13/h3-8,10-11H,9H2,1-2H3,(H,21,24)(H,22,23). The fraction of sp³-hybridized carbons (Fsp3) is 0.222. The van der Waals surface area contributed by atoms with Crippen LogP contribution in [0.3, 0.4) is 0 Å². The van der Waals surface area contributed by atoms with Gasteiger partial charge in [-0.05, 0) is 58.2 Å². The molecular weight excluding hydrogens is 375 g/mol. The molecule has 6 heteroatoms. The molecule has 0 spiro atoms. The lowest BCUT2D eigenvalue weighted by atomic mass is 10.1. The molecule has 126 valence electrons. The van der Waals surface area contributed by atoms with Crippen molar-refractivity contribution in [3.63, 3.8) is 0 Å². The van der Waals surface area contributed by atoms with Gasteiger partial charge in [-0.25, -0.2) is 4.39 Å². The fourth-order valence-electron chi connectivity index (χ4n) is 2.30. The van der Waals surface area contributed by atoms with Gasteiger partial charge in [0, 0.05) is 12.6 Å². The van der Waals surface area contributed by atoms with Crippen molar-refractivity contribution >= 4 is 33.4 Å². The van der Waals surface area contributed by atoms with E-state index in [4.69, 9.17) is 0 Å². The number of anilines is 1. The van der Waals surface area contributed by atoms with E-state index in [0.717, 1.165) is 11.1 Å². The number of carbonyl (C=O) groups excluding carboxylic acids is 2. The third kappa shape index (κ3) is 5.16. The number of hydrogen-bond donors (Lipinski definition) is 2. The largest absolute Gasteiger partial charge is 0.349 e. The van der Waals surface area contributed by atoms with E-state index in [1.54, 1.807) is 18.2 Å². The SMILES string of the molecule is CC(=O)Nc1cccc(C(C)NC(=O)Cc2ccc(F)c(Br)c2)c1. The van der Waals surface area contributed by atoms with E-state index in [0.29, 0.717) is 10.2 Å². The summed E-state index contributed by atoms with van der Waals surface area (Å²) in [6.45, 7) is 3.31. The minimum absolute atomic E-state index is 0.147. The van der Waals surface area contributed by atoms with Gasteiger partial charge in [0.1, 0.15) is 5.82 Å². The molecule has 0 heterocycles. The van der Waals surface area contributed by atoms with Crippen LogP contribution in [0.5, 0.6) is 0 Å². The van der Waals surface area contributed by atoms with Crippen molar-refractivity contribution in [3.8, 4) is 0 Å². The van der Waals surface area contributed by atoms with Gasteiger partial charge in [-0.2, -0.15) is 0 Å². The molecule has 2 aromatic rings. The van der Waals surface area contributed by atoms with Crippen molar-refractivity contribution in [3.05, 3.63) is 63.9 Å². The minimum atomic E-state index is -0.359. The lowest BCUT2D eigenvalue weighted by Crippen LogP contribution is -2.28. The number of hydrogen-bond acceptors (Lipinski definition) is 2. The Bertz CT molecular complexity index is 764. The number of benzene rings is 2. The zero-order valence-electron chi connectivity index (χ0n) is 13.4. The third-order valence-electron chi connectivity index (χ3n) is 3.43. The summed E-state index contributed by atoms with van der Waals surface area (Å²) in [7, 11) is 0. The van der Waals surface area contributed by atoms with Gasteiger partial charge in [0.25, 0.3) is 0 Å². The maximum absolute atomic E-state index is 13.2. The Balaban J connectivity index is 2.00. The van der Waals surface area contributed by atoms with Gasteiger partial charge in [0.05, 0.1) is 16.9 Å². The summed E-state index contributed by atoms with van der Waals surface area (Å²) in [6.07, 6.45) is 0.161. The Morgan fingerprint density at radius 2 is 1.96 bits per heavy atom. The van der Waals surface area contributed by atoms with Crippen LogP contribution in [0.25, 0.3) is 0 Å². The predicted molar refractivity (Wildman–Crippen MR) is 95.1 cm³/mol. The van der Waals surface area contributed by atoms with Crippen molar-refractivity contribution in [1.29, 1.82) is 0 Å². The summed E-state index contributed by atoms with van der Waals surface area (Å²) in [5.74, 6) is -0.668. The van der Waals surface area contributed by atoms with Crippen LogP contribution < -0.4 is 10.6 Å². The Morgan fingerprint density at radius 3 is 2.62 bits per heavy atom. The van der Waals surface area contributed by atoms with Crippen LogP contribution in [0.15, 0.2) is 46.9 Å². The number of carbonyl (C=O) groups is 2. The molecule has 0 saturated heterocycles. The molecule has 0 saturated carbocycles. The van der Waals surface area contributed by atoms with Gasteiger partial charge in [0.2, 0.25) is 11.8 Å². The van der Waals surface area contributed by atoms with E-state index in [9.17, 15) is 14.0 Å². The van der Waals surface area contributed by atoms with Gasteiger partial charge in [-0.3, -0.25) is 9.59 Å². The average molecular weight is 393 g/mol. The zero-order chi connectivity index (χ0) is 17.7. The Kier molecular flexibility index (Phi) is 6.09. The molecule has 0 radical (unpaired) electrons. The molecule has 0 fully saturated rings. The monoisotopic (exact) mass is 392 g/mol. The molecule has 0 bridgehead atoms. The Morgan fingerprint density at radius 1 is 1.21 bits per heavy atom. The molecule has 2 amide bonds. The van der Waals surface area contributed by atoms with Crippen LogP contribution in [0.4, 0.5) is 10.1 Å². The molecule has 0 aliphatic carbocycles. The molecule has 1 unspecified atom stereocenters. The maximum atomic E-state index is 13.2. The van der Waals surface area contributed by atoms with Crippen LogP contribution in [-0.2, 0) is 16.0 Å². The smallest absolute Gasteiger partial charge is 0.224 e. The van der Waals surface area contributed by atoms with Crippen LogP contribution in [0.1, 0.15) is 31.0 Å². The lowest BCUT2D eigenvalue weighted by molar-refractivity contribution is -0.121. The number of amides is 2. The second kappa shape index (κ2) is 8.06. The first-order valence-corrected chi connectivity index (χ1v) is 8.25. The summed E-state index contributed by atoms with van der Waals surface area (Å²) in [4.78, 5) is 23.3. The maximum Gasteiger partial charge on any atom is 0.224 e. The van der Waals surface area contributed by atoms with Crippen molar-refractivity contribution in [1.82, 2.24) is 5.32 Å². The van der Waals surface area contributed by atoms with E-state index in [-0.39, 0.29) is 30.1 Å². The Labute approximate surface area is 148 Å². The predicted octanol–water partition coefficient (Wildman–Crippen LogP) is 3.97. The first kappa shape index (κ1) is 18.1. The van der Waals surface area contributed by atoms with Gasteiger partial charge >= 0.3 is 0 Å².